The molecule has 0 aromatic heterocycles. The number of hydrazine groups is 1. The van der Waals surface area contributed by atoms with Crippen molar-refractivity contribution in [2.45, 2.75) is 45.6 Å². The lowest BCUT2D eigenvalue weighted by atomic mass is 10.2. The van der Waals surface area contributed by atoms with E-state index in [-0.39, 0.29) is 11.8 Å². The molecule has 1 spiro atoms. The molecule has 2 amide bonds. The van der Waals surface area contributed by atoms with Gasteiger partial charge < -0.3 is 4.74 Å². The Morgan fingerprint density at radius 2 is 1.88 bits per heavy atom. The monoisotopic (exact) mass is 226 g/mol. The second kappa shape index (κ2) is 3.37. The lowest BCUT2D eigenvalue weighted by molar-refractivity contribution is -0.123. The highest BCUT2D eigenvalue weighted by Crippen LogP contribution is 2.70. The van der Waals surface area contributed by atoms with Crippen molar-refractivity contribution in [1.82, 2.24) is 10.9 Å². The van der Waals surface area contributed by atoms with Crippen molar-refractivity contribution in [3.63, 3.8) is 0 Å². The molecule has 0 heterocycles. The SMILES string of the molecule is CC(C)(C)OC(=O)NNC(=O)[C@H]1CC12CC2. The van der Waals surface area contributed by atoms with E-state index in [0.29, 0.717) is 5.41 Å². The molecule has 0 aromatic carbocycles. The van der Waals surface area contributed by atoms with Gasteiger partial charge in [0.25, 0.3) is 0 Å². The molecule has 0 aliphatic heterocycles. The molecule has 0 radical (unpaired) electrons. The standard InChI is InChI=1S/C11H18N2O3/c1-10(2,3)16-9(15)13-12-8(14)7-6-11(7)4-5-11/h7H,4-6H2,1-3H3,(H,12,14)(H,13,15)/t7-/m1/s1. The Kier molecular flexibility index (Phi) is 2.36. The number of hydrogen-bond acceptors (Lipinski definition) is 3. The third kappa shape index (κ3) is 2.46. The summed E-state index contributed by atoms with van der Waals surface area (Å²) in [5.41, 5.74) is 4.42. The van der Waals surface area contributed by atoms with Gasteiger partial charge in [-0.25, -0.2) is 10.2 Å². The summed E-state index contributed by atoms with van der Waals surface area (Å²) in [6.07, 6.45) is 2.65. The molecule has 2 N–H and O–H groups in total. The van der Waals surface area contributed by atoms with Gasteiger partial charge in [-0.05, 0) is 45.4 Å². The van der Waals surface area contributed by atoms with Gasteiger partial charge in [0.05, 0.1) is 0 Å². The van der Waals surface area contributed by atoms with Crippen LogP contribution in [-0.4, -0.2) is 17.6 Å². The Morgan fingerprint density at radius 1 is 1.25 bits per heavy atom. The maximum atomic E-state index is 11.5. The van der Waals surface area contributed by atoms with Gasteiger partial charge in [0.2, 0.25) is 5.91 Å². The van der Waals surface area contributed by atoms with E-state index in [0.717, 1.165) is 19.3 Å². The zero-order valence-corrected chi connectivity index (χ0v) is 9.92. The van der Waals surface area contributed by atoms with Crippen molar-refractivity contribution in [2.24, 2.45) is 11.3 Å². The number of carbonyl (C=O) groups excluding carboxylic acids is 2. The number of rotatable bonds is 1. The third-order valence-corrected chi connectivity index (χ3v) is 3.09. The van der Waals surface area contributed by atoms with Gasteiger partial charge >= 0.3 is 6.09 Å². The van der Waals surface area contributed by atoms with E-state index in [4.69, 9.17) is 4.74 Å². The average molecular weight is 226 g/mol. The zero-order valence-electron chi connectivity index (χ0n) is 9.92. The van der Waals surface area contributed by atoms with Crippen LogP contribution in [-0.2, 0) is 9.53 Å². The minimum atomic E-state index is -0.619. The maximum Gasteiger partial charge on any atom is 0.426 e. The first-order chi connectivity index (χ1) is 7.32. The molecule has 2 aliphatic carbocycles. The summed E-state index contributed by atoms with van der Waals surface area (Å²) in [6, 6.07) is 0. The van der Waals surface area contributed by atoms with E-state index < -0.39 is 11.7 Å². The van der Waals surface area contributed by atoms with Crippen LogP contribution in [0.2, 0.25) is 0 Å². The quantitative estimate of drug-likeness (QED) is 0.663. The summed E-state index contributed by atoms with van der Waals surface area (Å²) < 4.78 is 4.99. The van der Waals surface area contributed by atoms with Gasteiger partial charge in [-0.15, -0.1) is 0 Å². The van der Waals surface area contributed by atoms with Crippen molar-refractivity contribution in [3.05, 3.63) is 0 Å². The fourth-order valence-electron chi connectivity index (χ4n) is 1.93. The molecule has 0 unspecified atom stereocenters. The molecular formula is C11H18N2O3. The molecule has 0 saturated heterocycles. The van der Waals surface area contributed by atoms with E-state index in [1.807, 2.05) is 0 Å². The van der Waals surface area contributed by atoms with Gasteiger partial charge in [0.15, 0.2) is 0 Å². The normalized spacial score (nSPS) is 24.8. The van der Waals surface area contributed by atoms with E-state index in [1.54, 1.807) is 20.8 Å². The molecule has 0 aromatic rings. The number of amides is 2. The van der Waals surface area contributed by atoms with Gasteiger partial charge in [0.1, 0.15) is 5.60 Å². The van der Waals surface area contributed by atoms with Crippen LogP contribution < -0.4 is 10.9 Å². The molecule has 90 valence electrons. The zero-order chi connectivity index (χ0) is 12.0. The first-order valence-corrected chi connectivity index (χ1v) is 5.61. The summed E-state index contributed by atoms with van der Waals surface area (Å²) in [7, 11) is 0. The summed E-state index contributed by atoms with van der Waals surface area (Å²) in [6.45, 7) is 5.32. The van der Waals surface area contributed by atoms with Crippen LogP contribution >= 0.6 is 0 Å². The molecule has 2 fully saturated rings. The Bertz CT molecular complexity index is 329. The van der Waals surface area contributed by atoms with Gasteiger partial charge in [-0.2, -0.15) is 0 Å². The van der Waals surface area contributed by atoms with Crippen LogP contribution in [0.3, 0.4) is 0 Å². The summed E-state index contributed by atoms with van der Waals surface area (Å²) in [5.74, 6) is 0.00537. The molecule has 5 heteroatoms. The van der Waals surface area contributed by atoms with Crippen molar-refractivity contribution in [1.29, 1.82) is 0 Å². The molecule has 1 atom stereocenters. The lowest BCUT2D eigenvalue weighted by Gasteiger charge is -2.19. The number of ether oxygens (including phenoxy) is 1. The van der Waals surface area contributed by atoms with Crippen molar-refractivity contribution in [2.75, 3.05) is 0 Å². The first kappa shape index (κ1) is 11.2. The summed E-state index contributed by atoms with van der Waals surface area (Å²) >= 11 is 0. The highest BCUT2D eigenvalue weighted by atomic mass is 16.6. The van der Waals surface area contributed by atoms with E-state index in [2.05, 4.69) is 10.9 Å². The Hall–Kier alpha value is -1.26. The number of carbonyl (C=O) groups is 2. The lowest BCUT2D eigenvalue weighted by Crippen LogP contribution is -2.45. The number of hydrogen-bond donors (Lipinski definition) is 2. The van der Waals surface area contributed by atoms with E-state index in [1.165, 1.54) is 0 Å². The molecule has 5 nitrogen and oxygen atoms in total. The topological polar surface area (TPSA) is 67.4 Å². The molecule has 0 bridgehead atoms. The predicted molar refractivity (Wildman–Crippen MR) is 57.3 cm³/mol. The minimum Gasteiger partial charge on any atom is -0.443 e. The number of nitrogens with one attached hydrogen (secondary N) is 2. The maximum absolute atomic E-state index is 11.5. The van der Waals surface area contributed by atoms with Crippen molar-refractivity contribution >= 4 is 12.0 Å². The molecular weight excluding hydrogens is 208 g/mol. The van der Waals surface area contributed by atoms with Crippen molar-refractivity contribution in [3.8, 4) is 0 Å². The third-order valence-electron chi connectivity index (χ3n) is 3.09. The minimum absolute atomic E-state index is 0.0941. The predicted octanol–water partition coefficient (Wildman–Crippen LogP) is 1.34. The highest BCUT2D eigenvalue weighted by molar-refractivity contribution is 5.85. The van der Waals surface area contributed by atoms with Gasteiger partial charge in [-0.3, -0.25) is 10.2 Å². The fraction of sp³-hybridized carbons (Fsp3) is 0.818. The summed E-state index contributed by atoms with van der Waals surface area (Å²) in [4.78, 5) is 22.8. The van der Waals surface area contributed by atoms with Crippen LogP contribution in [0.15, 0.2) is 0 Å². The van der Waals surface area contributed by atoms with Crippen molar-refractivity contribution < 1.29 is 14.3 Å². The molecule has 2 rings (SSSR count). The summed E-state index contributed by atoms with van der Waals surface area (Å²) in [5, 5.41) is 0. The second-order valence-corrected chi connectivity index (χ2v) is 5.74. The van der Waals surface area contributed by atoms with E-state index >= 15 is 0 Å². The van der Waals surface area contributed by atoms with Crippen LogP contribution in [0.1, 0.15) is 40.0 Å². The fourth-order valence-corrected chi connectivity index (χ4v) is 1.93. The Morgan fingerprint density at radius 3 is 2.31 bits per heavy atom. The first-order valence-electron chi connectivity index (χ1n) is 5.61. The Balaban J connectivity index is 1.67. The van der Waals surface area contributed by atoms with Crippen LogP contribution in [0.25, 0.3) is 0 Å². The molecule has 2 saturated carbocycles. The second-order valence-electron chi connectivity index (χ2n) is 5.74. The van der Waals surface area contributed by atoms with Crippen LogP contribution in [0.4, 0.5) is 4.79 Å². The Labute approximate surface area is 94.9 Å². The van der Waals surface area contributed by atoms with Gasteiger partial charge in [0, 0.05) is 5.92 Å². The molecule has 2 aliphatic rings. The van der Waals surface area contributed by atoms with Gasteiger partial charge in [-0.1, -0.05) is 0 Å². The average Bonchev–Trinajstić information content (AvgIpc) is 3.01. The van der Waals surface area contributed by atoms with Crippen LogP contribution in [0.5, 0.6) is 0 Å². The highest BCUT2D eigenvalue weighted by Gasteiger charge is 2.65. The van der Waals surface area contributed by atoms with Crippen LogP contribution in [0, 0.1) is 11.3 Å². The van der Waals surface area contributed by atoms with E-state index in [9.17, 15) is 9.59 Å². The largest absolute Gasteiger partial charge is 0.443 e. The molecule has 16 heavy (non-hydrogen) atoms. The smallest absolute Gasteiger partial charge is 0.426 e.